The van der Waals surface area contributed by atoms with Crippen LogP contribution in [0.4, 0.5) is 0 Å². The minimum atomic E-state index is -3.36. The maximum atomic E-state index is 12.0. The number of nitrogens with one attached hydrogen (secondary N) is 1. The van der Waals surface area contributed by atoms with Gasteiger partial charge in [0.05, 0.1) is 4.90 Å². The Morgan fingerprint density at radius 1 is 1.25 bits per heavy atom. The molecular weight excluding hydrogens is 270 g/mol. The fourth-order valence-electron chi connectivity index (χ4n) is 2.03. The molecule has 0 aliphatic heterocycles. The quantitative estimate of drug-likeness (QED) is 0.558. The van der Waals surface area contributed by atoms with E-state index in [-0.39, 0.29) is 0 Å². The lowest BCUT2D eigenvalue weighted by molar-refractivity contribution is 0.524. The Labute approximate surface area is 123 Å². The Bertz CT molecular complexity index is 506. The maximum Gasteiger partial charge on any atom is 0.240 e. The normalized spacial score (nSPS) is 13.1. The van der Waals surface area contributed by atoms with Crippen molar-refractivity contribution in [3.8, 4) is 0 Å². The molecule has 1 aromatic rings. The Morgan fingerprint density at radius 2 is 1.90 bits per heavy atom. The van der Waals surface area contributed by atoms with Gasteiger partial charge in [-0.15, -0.1) is 6.58 Å². The average molecular weight is 295 g/mol. The van der Waals surface area contributed by atoms with Gasteiger partial charge in [-0.25, -0.2) is 13.1 Å². The van der Waals surface area contributed by atoms with Crippen molar-refractivity contribution in [2.24, 2.45) is 5.92 Å². The minimum Gasteiger partial charge on any atom is -0.211 e. The van der Waals surface area contributed by atoms with Crippen LogP contribution in [0.25, 0.3) is 0 Å². The molecular formula is C16H25NO2S. The van der Waals surface area contributed by atoms with E-state index in [0.717, 1.165) is 31.2 Å². The molecule has 20 heavy (non-hydrogen) atoms. The van der Waals surface area contributed by atoms with Gasteiger partial charge >= 0.3 is 0 Å². The molecule has 3 nitrogen and oxygen atoms in total. The van der Waals surface area contributed by atoms with Gasteiger partial charge in [-0.2, -0.15) is 0 Å². The highest BCUT2D eigenvalue weighted by Gasteiger charge is 2.12. The third-order valence-corrected chi connectivity index (χ3v) is 4.96. The monoisotopic (exact) mass is 295 g/mol. The number of unbranched alkanes of at least 4 members (excludes halogenated alkanes) is 1. The second-order valence-corrected chi connectivity index (χ2v) is 6.88. The predicted octanol–water partition coefficient (Wildman–Crippen LogP) is 3.66. The molecule has 1 aromatic carbocycles. The first-order chi connectivity index (χ1) is 9.49. The molecule has 0 amide bonds. The molecule has 112 valence electrons. The van der Waals surface area contributed by atoms with Crippen molar-refractivity contribution in [2.45, 2.75) is 44.4 Å². The zero-order chi connectivity index (χ0) is 15.0. The van der Waals surface area contributed by atoms with Crippen LogP contribution < -0.4 is 4.72 Å². The van der Waals surface area contributed by atoms with Crippen molar-refractivity contribution in [2.75, 3.05) is 6.54 Å². The van der Waals surface area contributed by atoms with Gasteiger partial charge in [0.1, 0.15) is 0 Å². The molecule has 0 bridgehead atoms. The van der Waals surface area contributed by atoms with E-state index in [1.165, 1.54) is 0 Å². The van der Waals surface area contributed by atoms with E-state index < -0.39 is 10.0 Å². The molecule has 0 spiro atoms. The molecule has 0 aromatic heterocycles. The highest BCUT2D eigenvalue weighted by Crippen LogP contribution is 2.13. The van der Waals surface area contributed by atoms with Crippen LogP contribution in [-0.4, -0.2) is 15.0 Å². The number of allylic oxidation sites excluding steroid dienone is 1. The SMILES string of the molecule is C=C[C@H](CC)CCCCNS(=O)(=O)c1ccc(C)cc1. The predicted molar refractivity (Wildman–Crippen MR) is 84.2 cm³/mol. The first-order valence-electron chi connectivity index (χ1n) is 7.18. The lowest BCUT2D eigenvalue weighted by atomic mass is 10.00. The Kier molecular flexibility index (Phi) is 6.96. The first-order valence-corrected chi connectivity index (χ1v) is 8.66. The van der Waals surface area contributed by atoms with E-state index in [2.05, 4.69) is 18.2 Å². The standard InChI is InChI=1S/C16H25NO2S/c1-4-15(5-2)8-6-7-13-17-20(18,19)16-11-9-14(3)10-12-16/h4,9-12,15,17H,1,5-8,13H2,2-3H3/t15-/m1/s1. The number of hydrogen-bond acceptors (Lipinski definition) is 2. The Hall–Kier alpha value is -1.13. The van der Waals surface area contributed by atoms with E-state index >= 15 is 0 Å². The van der Waals surface area contributed by atoms with E-state index in [4.69, 9.17) is 0 Å². The summed E-state index contributed by atoms with van der Waals surface area (Å²) in [5.41, 5.74) is 1.05. The molecule has 0 saturated carbocycles. The summed E-state index contributed by atoms with van der Waals surface area (Å²) >= 11 is 0. The summed E-state index contributed by atoms with van der Waals surface area (Å²) in [6, 6.07) is 6.90. The van der Waals surface area contributed by atoms with Crippen molar-refractivity contribution in [3.05, 3.63) is 42.5 Å². The second kappa shape index (κ2) is 8.22. The molecule has 0 radical (unpaired) electrons. The summed E-state index contributed by atoms with van der Waals surface area (Å²) in [6.45, 7) is 8.38. The molecule has 0 aliphatic rings. The summed E-state index contributed by atoms with van der Waals surface area (Å²) in [5, 5.41) is 0. The first kappa shape index (κ1) is 16.9. The van der Waals surface area contributed by atoms with Gasteiger partial charge in [0.15, 0.2) is 0 Å². The zero-order valence-electron chi connectivity index (χ0n) is 12.4. The number of rotatable bonds is 9. The summed E-state index contributed by atoms with van der Waals surface area (Å²) in [5.74, 6) is 0.545. The largest absolute Gasteiger partial charge is 0.240 e. The van der Waals surface area contributed by atoms with Crippen molar-refractivity contribution in [3.63, 3.8) is 0 Å². The molecule has 0 unspecified atom stereocenters. The maximum absolute atomic E-state index is 12.0. The van der Waals surface area contributed by atoms with Crippen molar-refractivity contribution >= 4 is 10.0 Å². The molecule has 1 N–H and O–H groups in total. The van der Waals surface area contributed by atoms with E-state index in [1.807, 2.05) is 25.1 Å². The molecule has 4 heteroatoms. The average Bonchev–Trinajstić information content (AvgIpc) is 2.43. The number of hydrogen-bond donors (Lipinski definition) is 1. The highest BCUT2D eigenvalue weighted by molar-refractivity contribution is 7.89. The molecule has 0 heterocycles. The molecule has 1 rings (SSSR count). The molecule has 1 atom stereocenters. The lowest BCUT2D eigenvalue weighted by Gasteiger charge is -2.10. The van der Waals surface area contributed by atoms with Crippen molar-refractivity contribution in [1.29, 1.82) is 0 Å². The summed E-state index contributed by atoms with van der Waals surface area (Å²) in [6.07, 6.45) is 6.03. The van der Waals surface area contributed by atoms with Crippen LogP contribution in [0.3, 0.4) is 0 Å². The number of aryl methyl sites for hydroxylation is 1. The van der Waals surface area contributed by atoms with Crippen LogP contribution in [0.2, 0.25) is 0 Å². The second-order valence-electron chi connectivity index (χ2n) is 5.11. The van der Waals surface area contributed by atoms with Crippen molar-refractivity contribution < 1.29 is 8.42 Å². The van der Waals surface area contributed by atoms with Crippen LogP contribution in [0.5, 0.6) is 0 Å². The third-order valence-electron chi connectivity index (χ3n) is 3.48. The summed E-state index contributed by atoms with van der Waals surface area (Å²) in [7, 11) is -3.36. The van der Waals surface area contributed by atoms with Crippen molar-refractivity contribution in [1.82, 2.24) is 4.72 Å². The van der Waals surface area contributed by atoms with Gasteiger partial charge in [-0.05, 0) is 44.2 Å². The summed E-state index contributed by atoms with van der Waals surface area (Å²) < 4.78 is 26.7. The third kappa shape index (κ3) is 5.47. The summed E-state index contributed by atoms with van der Waals surface area (Å²) in [4.78, 5) is 0.334. The van der Waals surface area contributed by atoms with Gasteiger partial charge in [0, 0.05) is 6.54 Å². The fraction of sp³-hybridized carbons (Fsp3) is 0.500. The van der Waals surface area contributed by atoms with Gasteiger partial charge in [0.25, 0.3) is 0 Å². The molecule has 0 fully saturated rings. The van der Waals surface area contributed by atoms with Gasteiger partial charge < -0.3 is 0 Å². The minimum absolute atomic E-state index is 0.334. The van der Waals surface area contributed by atoms with Crippen LogP contribution >= 0.6 is 0 Å². The van der Waals surface area contributed by atoms with E-state index in [0.29, 0.717) is 17.4 Å². The number of benzene rings is 1. The van der Waals surface area contributed by atoms with Gasteiger partial charge in [-0.3, -0.25) is 0 Å². The van der Waals surface area contributed by atoms with Crippen LogP contribution in [0.15, 0.2) is 41.8 Å². The molecule has 0 aliphatic carbocycles. The van der Waals surface area contributed by atoms with Crippen LogP contribution in [0, 0.1) is 12.8 Å². The van der Waals surface area contributed by atoms with Crippen LogP contribution in [-0.2, 0) is 10.0 Å². The highest BCUT2D eigenvalue weighted by atomic mass is 32.2. The van der Waals surface area contributed by atoms with Crippen LogP contribution in [0.1, 0.15) is 38.2 Å². The fourth-order valence-corrected chi connectivity index (χ4v) is 3.10. The number of sulfonamides is 1. The molecule has 0 saturated heterocycles. The Morgan fingerprint density at radius 3 is 2.45 bits per heavy atom. The Balaban J connectivity index is 2.37. The smallest absolute Gasteiger partial charge is 0.211 e. The topological polar surface area (TPSA) is 46.2 Å². The zero-order valence-corrected chi connectivity index (χ0v) is 13.2. The van der Waals surface area contributed by atoms with E-state index in [1.54, 1.807) is 12.1 Å². The lowest BCUT2D eigenvalue weighted by Crippen LogP contribution is -2.24. The van der Waals surface area contributed by atoms with E-state index in [9.17, 15) is 8.42 Å². The van der Waals surface area contributed by atoms with Gasteiger partial charge in [0.2, 0.25) is 10.0 Å². The van der Waals surface area contributed by atoms with Gasteiger partial charge in [-0.1, -0.05) is 37.1 Å².